The predicted molar refractivity (Wildman–Crippen MR) is 133 cm³/mol. The van der Waals surface area contributed by atoms with E-state index in [2.05, 4.69) is 35.0 Å². The maximum Gasteiger partial charge on any atom is 0.129 e. The minimum atomic E-state index is 0.559. The van der Waals surface area contributed by atoms with Crippen LogP contribution in [-0.2, 0) is 6.42 Å². The molecule has 3 atom stereocenters. The molecule has 0 N–H and O–H groups in total. The van der Waals surface area contributed by atoms with E-state index in [1.807, 2.05) is 6.07 Å². The number of hydrogen-bond donors (Lipinski definition) is 0. The highest BCUT2D eigenvalue weighted by Gasteiger charge is 2.30. The summed E-state index contributed by atoms with van der Waals surface area (Å²) in [5.74, 6) is 3.70. The summed E-state index contributed by atoms with van der Waals surface area (Å²) >= 11 is 0. The highest BCUT2D eigenvalue weighted by molar-refractivity contribution is 5.46. The van der Waals surface area contributed by atoms with Crippen molar-refractivity contribution in [3.8, 4) is 6.07 Å². The largest absolute Gasteiger partial charge is 0.354 e. The first-order chi connectivity index (χ1) is 16.2. The van der Waals surface area contributed by atoms with Crippen LogP contribution in [0.4, 0.5) is 5.82 Å². The molecule has 2 aromatic rings. The quantitative estimate of drug-likeness (QED) is 0.495. The smallest absolute Gasteiger partial charge is 0.129 e. The highest BCUT2D eigenvalue weighted by atomic mass is 15.2. The Balaban J connectivity index is 1.36. The zero-order chi connectivity index (χ0) is 22.6. The zero-order valence-electron chi connectivity index (χ0n) is 20.2. The van der Waals surface area contributed by atoms with Gasteiger partial charge in [-0.25, -0.2) is 4.98 Å². The van der Waals surface area contributed by atoms with Gasteiger partial charge in [0.1, 0.15) is 5.82 Å². The Hall–Kier alpha value is -2.41. The average molecular weight is 443 g/mol. The van der Waals surface area contributed by atoms with Gasteiger partial charge in [-0.2, -0.15) is 5.26 Å². The molecule has 1 saturated heterocycles. The third kappa shape index (κ3) is 5.40. The van der Waals surface area contributed by atoms with Gasteiger partial charge in [-0.3, -0.25) is 4.98 Å². The van der Waals surface area contributed by atoms with E-state index in [1.54, 1.807) is 12.3 Å². The molecule has 0 aromatic carbocycles. The van der Waals surface area contributed by atoms with Gasteiger partial charge < -0.3 is 4.90 Å². The van der Waals surface area contributed by atoms with E-state index in [0.29, 0.717) is 23.9 Å². The van der Waals surface area contributed by atoms with Gasteiger partial charge in [0.15, 0.2) is 0 Å². The molecule has 4 nitrogen and oxygen atoms in total. The summed E-state index contributed by atoms with van der Waals surface area (Å²) in [6.07, 6.45) is 17.7. The Kier molecular flexibility index (Phi) is 6.95. The monoisotopic (exact) mass is 442 g/mol. The zero-order valence-corrected chi connectivity index (χ0v) is 20.2. The molecule has 3 heterocycles. The van der Waals surface area contributed by atoms with Crippen molar-refractivity contribution in [2.45, 2.75) is 95.9 Å². The molecule has 2 saturated carbocycles. The normalized spacial score (nSPS) is 25.9. The number of pyridine rings is 2. The Labute approximate surface area is 199 Å². The number of nitrogens with zero attached hydrogens (tertiary/aromatic N) is 4. The summed E-state index contributed by atoms with van der Waals surface area (Å²) in [5.41, 5.74) is 4.18. The van der Waals surface area contributed by atoms with Crippen LogP contribution >= 0.6 is 0 Å². The van der Waals surface area contributed by atoms with E-state index in [4.69, 9.17) is 4.98 Å². The summed E-state index contributed by atoms with van der Waals surface area (Å²) in [6, 6.07) is 11.2. The maximum absolute atomic E-state index is 9.27. The third-order valence-electron chi connectivity index (χ3n) is 8.45. The van der Waals surface area contributed by atoms with Gasteiger partial charge in [-0.15, -0.1) is 0 Å². The van der Waals surface area contributed by atoms with E-state index in [1.165, 1.54) is 76.2 Å². The molecule has 5 rings (SSSR count). The first-order valence-electron chi connectivity index (χ1n) is 13.3. The van der Waals surface area contributed by atoms with Crippen LogP contribution in [0.15, 0.2) is 30.5 Å². The van der Waals surface area contributed by atoms with E-state index in [9.17, 15) is 5.26 Å². The van der Waals surface area contributed by atoms with Crippen LogP contribution in [0.3, 0.4) is 0 Å². The third-order valence-corrected chi connectivity index (χ3v) is 8.45. The fourth-order valence-corrected chi connectivity index (χ4v) is 6.66. The molecule has 2 aliphatic carbocycles. The second-order valence-corrected chi connectivity index (χ2v) is 10.9. The van der Waals surface area contributed by atoms with Crippen molar-refractivity contribution in [1.82, 2.24) is 9.97 Å². The number of hydrogen-bond acceptors (Lipinski definition) is 4. The van der Waals surface area contributed by atoms with Gasteiger partial charge in [0.25, 0.3) is 0 Å². The molecule has 4 heteroatoms. The lowest BCUT2D eigenvalue weighted by Crippen LogP contribution is -2.27. The van der Waals surface area contributed by atoms with Crippen molar-refractivity contribution in [1.29, 1.82) is 5.26 Å². The van der Waals surface area contributed by atoms with Crippen LogP contribution in [-0.4, -0.2) is 22.6 Å². The van der Waals surface area contributed by atoms with Gasteiger partial charge in [0.2, 0.25) is 0 Å². The van der Waals surface area contributed by atoms with Gasteiger partial charge >= 0.3 is 0 Å². The molecule has 3 fully saturated rings. The first-order valence-corrected chi connectivity index (χ1v) is 13.3. The molecule has 0 amide bonds. The lowest BCUT2D eigenvalue weighted by Gasteiger charge is -2.25. The molecule has 3 unspecified atom stereocenters. The summed E-state index contributed by atoms with van der Waals surface area (Å²) in [6.45, 7) is 3.43. The molecule has 0 radical (unpaired) electrons. The maximum atomic E-state index is 9.27. The lowest BCUT2D eigenvalue weighted by molar-refractivity contribution is 0.288. The molecule has 0 spiro atoms. The van der Waals surface area contributed by atoms with E-state index < -0.39 is 0 Å². The van der Waals surface area contributed by atoms with Crippen molar-refractivity contribution in [2.24, 2.45) is 11.8 Å². The van der Waals surface area contributed by atoms with E-state index in [0.717, 1.165) is 35.6 Å². The van der Waals surface area contributed by atoms with Crippen LogP contribution < -0.4 is 4.90 Å². The van der Waals surface area contributed by atoms with Crippen LogP contribution in [0.1, 0.15) is 106 Å². The van der Waals surface area contributed by atoms with Gasteiger partial charge in [-0.1, -0.05) is 32.1 Å². The van der Waals surface area contributed by atoms with Crippen LogP contribution in [0, 0.1) is 23.2 Å². The summed E-state index contributed by atoms with van der Waals surface area (Å²) in [7, 11) is 0. The van der Waals surface area contributed by atoms with Gasteiger partial charge in [0.05, 0.1) is 11.6 Å². The standard InChI is InChI=1S/C29H38N4/c1-21-6-5-13-33(21)29-18-26(17-28(32-29)19-27-16-24(20-30)11-12-31-27)25-10-9-23(15-25)14-22-7-3-2-4-8-22/h11-12,16-18,21-23,25H,2-10,13-15,19H2,1H3. The average Bonchev–Trinajstić information content (AvgIpc) is 3.49. The molecule has 174 valence electrons. The van der Waals surface area contributed by atoms with E-state index in [-0.39, 0.29) is 0 Å². The number of aromatic nitrogens is 2. The fraction of sp³-hybridized carbons (Fsp3) is 0.621. The predicted octanol–water partition coefficient (Wildman–Crippen LogP) is 6.78. The van der Waals surface area contributed by atoms with Crippen LogP contribution in [0.25, 0.3) is 0 Å². The molecule has 1 aliphatic heterocycles. The first kappa shape index (κ1) is 22.4. The fourth-order valence-electron chi connectivity index (χ4n) is 6.66. The Bertz CT molecular complexity index is 987. The molecule has 2 aromatic heterocycles. The highest BCUT2D eigenvalue weighted by Crippen LogP contribution is 2.44. The summed E-state index contributed by atoms with van der Waals surface area (Å²) in [4.78, 5) is 12.1. The Morgan fingerprint density at radius 3 is 2.64 bits per heavy atom. The van der Waals surface area contributed by atoms with Crippen molar-refractivity contribution in [2.75, 3.05) is 11.4 Å². The van der Waals surface area contributed by atoms with Crippen LogP contribution in [0.2, 0.25) is 0 Å². The second-order valence-electron chi connectivity index (χ2n) is 10.9. The topological polar surface area (TPSA) is 52.8 Å². The lowest BCUT2D eigenvalue weighted by atomic mass is 9.82. The number of nitriles is 1. The van der Waals surface area contributed by atoms with E-state index >= 15 is 0 Å². The summed E-state index contributed by atoms with van der Waals surface area (Å²) < 4.78 is 0. The molecular weight excluding hydrogens is 404 g/mol. The summed E-state index contributed by atoms with van der Waals surface area (Å²) in [5, 5.41) is 9.27. The molecular formula is C29H38N4. The van der Waals surface area contributed by atoms with Crippen LogP contribution in [0.5, 0.6) is 0 Å². The van der Waals surface area contributed by atoms with Crippen molar-refractivity contribution >= 4 is 5.82 Å². The number of anilines is 1. The minimum Gasteiger partial charge on any atom is -0.354 e. The minimum absolute atomic E-state index is 0.559. The van der Waals surface area contributed by atoms with Gasteiger partial charge in [-0.05, 0) is 93.0 Å². The Morgan fingerprint density at radius 1 is 0.970 bits per heavy atom. The molecule has 3 aliphatic rings. The molecule has 0 bridgehead atoms. The van der Waals surface area contributed by atoms with Gasteiger partial charge in [0, 0.05) is 36.6 Å². The van der Waals surface area contributed by atoms with Crippen molar-refractivity contribution < 1.29 is 0 Å². The second kappa shape index (κ2) is 10.2. The molecule has 33 heavy (non-hydrogen) atoms. The SMILES string of the molecule is CC1CCCN1c1cc(C2CCC(CC3CCCCC3)C2)cc(Cc2cc(C#N)ccn2)n1. The number of rotatable bonds is 6. The Morgan fingerprint density at radius 2 is 1.85 bits per heavy atom. The van der Waals surface area contributed by atoms with Crippen molar-refractivity contribution in [3.63, 3.8) is 0 Å². The van der Waals surface area contributed by atoms with Crippen molar-refractivity contribution in [3.05, 3.63) is 53.0 Å².